The lowest BCUT2D eigenvalue weighted by molar-refractivity contribution is 0.500. The molecule has 0 nitrogen and oxygen atoms in total. The van der Waals surface area contributed by atoms with Gasteiger partial charge in [-0.25, -0.2) is 0 Å². The van der Waals surface area contributed by atoms with Gasteiger partial charge in [0.05, 0.1) is 0 Å². The molecule has 0 saturated heterocycles. The minimum atomic E-state index is 0.602. The molecule has 17 heavy (non-hydrogen) atoms. The summed E-state index contributed by atoms with van der Waals surface area (Å²) in [5.74, 6) is 2.43. The molecule has 0 N–H and O–H groups in total. The first-order valence-electron chi connectivity index (χ1n) is 6.00. The second-order valence-corrected chi connectivity index (χ2v) is 7.12. The summed E-state index contributed by atoms with van der Waals surface area (Å²) in [5, 5.41) is 0. The molecule has 3 unspecified atom stereocenters. The van der Waals surface area contributed by atoms with E-state index in [0.717, 1.165) is 5.75 Å². The van der Waals surface area contributed by atoms with Crippen LogP contribution in [-0.2, 0) is 5.75 Å². The van der Waals surface area contributed by atoms with Gasteiger partial charge in [0.1, 0.15) is 0 Å². The van der Waals surface area contributed by atoms with Crippen molar-refractivity contribution in [1.29, 1.82) is 0 Å². The van der Waals surface area contributed by atoms with E-state index in [4.69, 9.17) is 0 Å². The summed E-state index contributed by atoms with van der Waals surface area (Å²) in [4.78, 5) is 1.57. The Labute approximate surface area is 121 Å². The van der Waals surface area contributed by atoms with Crippen molar-refractivity contribution in [2.75, 3.05) is 0 Å². The maximum atomic E-state index is 2.63. The average Bonchev–Trinajstić information content (AvgIpc) is 2.49. The highest BCUT2D eigenvalue weighted by atomic mass is 127. The first kappa shape index (κ1) is 11.8. The van der Waals surface area contributed by atoms with Gasteiger partial charge in [-0.1, -0.05) is 72.0 Å². The molecule has 3 atom stereocenters. The SMILES string of the molecule is CC1C=CC=C2SCc3ccccc3C(I)C21. The summed E-state index contributed by atoms with van der Waals surface area (Å²) >= 11 is 4.66. The highest BCUT2D eigenvalue weighted by molar-refractivity contribution is 14.1. The summed E-state index contributed by atoms with van der Waals surface area (Å²) < 4.78 is 0.602. The van der Waals surface area contributed by atoms with Gasteiger partial charge < -0.3 is 0 Å². The smallest absolute Gasteiger partial charge is 0.0441 e. The highest BCUT2D eigenvalue weighted by Gasteiger charge is 2.33. The highest BCUT2D eigenvalue weighted by Crippen LogP contribution is 2.50. The molecule has 0 radical (unpaired) electrons. The number of halogens is 1. The molecular formula is C15H15IS. The predicted octanol–water partition coefficient (Wildman–Crippen LogP) is 5.12. The molecule has 1 aliphatic carbocycles. The minimum absolute atomic E-state index is 0.602. The summed E-state index contributed by atoms with van der Waals surface area (Å²) in [6.07, 6.45) is 6.88. The monoisotopic (exact) mass is 354 g/mol. The van der Waals surface area contributed by atoms with Gasteiger partial charge in [-0.15, -0.1) is 11.8 Å². The maximum Gasteiger partial charge on any atom is 0.0441 e. The van der Waals surface area contributed by atoms with Crippen molar-refractivity contribution in [3.8, 4) is 0 Å². The number of hydrogen-bond acceptors (Lipinski definition) is 1. The summed E-state index contributed by atoms with van der Waals surface area (Å²) in [6, 6.07) is 8.92. The summed E-state index contributed by atoms with van der Waals surface area (Å²) in [6.45, 7) is 2.34. The van der Waals surface area contributed by atoms with E-state index in [9.17, 15) is 0 Å². The van der Waals surface area contributed by atoms with Crippen LogP contribution in [0.5, 0.6) is 0 Å². The number of benzene rings is 1. The number of fused-ring (bicyclic) bond motifs is 2. The van der Waals surface area contributed by atoms with Crippen LogP contribution in [0.25, 0.3) is 0 Å². The molecule has 1 aromatic rings. The number of hydrogen-bond donors (Lipinski definition) is 0. The Hall–Kier alpha value is -0.220. The molecule has 2 aliphatic rings. The zero-order valence-corrected chi connectivity index (χ0v) is 12.7. The van der Waals surface area contributed by atoms with Gasteiger partial charge in [0.2, 0.25) is 0 Å². The topological polar surface area (TPSA) is 0 Å². The molecule has 0 spiro atoms. The van der Waals surface area contributed by atoms with Crippen molar-refractivity contribution >= 4 is 34.4 Å². The van der Waals surface area contributed by atoms with Crippen LogP contribution in [0.4, 0.5) is 0 Å². The molecule has 2 heteroatoms. The summed E-state index contributed by atoms with van der Waals surface area (Å²) in [7, 11) is 0. The van der Waals surface area contributed by atoms with Crippen molar-refractivity contribution in [2.24, 2.45) is 11.8 Å². The number of rotatable bonds is 0. The molecule has 1 heterocycles. The second-order valence-electron chi connectivity index (χ2n) is 4.73. The van der Waals surface area contributed by atoms with Gasteiger partial charge in [0.15, 0.2) is 0 Å². The first-order chi connectivity index (χ1) is 8.27. The van der Waals surface area contributed by atoms with Crippen LogP contribution >= 0.6 is 34.4 Å². The van der Waals surface area contributed by atoms with E-state index in [1.54, 1.807) is 4.91 Å². The predicted molar refractivity (Wildman–Crippen MR) is 84.4 cm³/mol. The molecule has 3 rings (SSSR count). The van der Waals surface area contributed by atoms with E-state index in [2.05, 4.69) is 72.0 Å². The number of thioether (sulfide) groups is 1. The van der Waals surface area contributed by atoms with Crippen molar-refractivity contribution < 1.29 is 0 Å². The average molecular weight is 354 g/mol. The van der Waals surface area contributed by atoms with Crippen LogP contribution in [0.2, 0.25) is 0 Å². The Kier molecular flexibility index (Phi) is 3.35. The van der Waals surface area contributed by atoms with Gasteiger partial charge in [-0.2, -0.15) is 0 Å². The first-order valence-corrected chi connectivity index (χ1v) is 8.23. The van der Waals surface area contributed by atoms with E-state index in [1.165, 1.54) is 11.1 Å². The fourth-order valence-corrected chi connectivity index (χ4v) is 5.86. The normalized spacial score (nSPS) is 31.2. The van der Waals surface area contributed by atoms with E-state index < -0.39 is 0 Å². The second kappa shape index (κ2) is 4.81. The van der Waals surface area contributed by atoms with Crippen molar-refractivity contribution in [3.05, 3.63) is 58.5 Å². The molecule has 1 aliphatic heterocycles. The molecule has 1 aromatic carbocycles. The van der Waals surface area contributed by atoms with Gasteiger partial charge in [-0.05, 0) is 21.9 Å². The van der Waals surface area contributed by atoms with Crippen molar-refractivity contribution in [3.63, 3.8) is 0 Å². The quantitative estimate of drug-likeness (QED) is 0.461. The van der Waals surface area contributed by atoms with Crippen LogP contribution < -0.4 is 0 Å². The Balaban J connectivity index is 2.07. The lowest BCUT2D eigenvalue weighted by atomic mass is 9.84. The third kappa shape index (κ3) is 2.10. The zero-order chi connectivity index (χ0) is 11.8. The minimum Gasteiger partial charge on any atom is -0.125 e. The molecular weight excluding hydrogens is 339 g/mol. The van der Waals surface area contributed by atoms with Crippen LogP contribution in [0.15, 0.2) is 47.4 Å². The van der Waals surface area contributed by atoms with E-state index in [0.29, 0.717) is 15.8 Å². The van der Waals surface area contributed by atoms with Crippen LogP contribution in [-0.4, -0.2) is 0 Å². The van der Waals surface area contributed by atoms with Gasteiger partial charge in [0, 0.05) is 15.6 Å². The molecule has 0 bridgehead atoms. The van der Waals surface area contributed by atoms with Crippen LogP contribution in [0.1, 0.15) is 22.0 Å². The summed E-state index contributed by atoms with van der Waals surface area (Å²) in [5.41, 5.74) is 3.05. The Bertz CT molecular complexity index is 489. The Morgan fingerprint density at radius 2 is 2.12 bits per heavy atom. The fourth-order valence-electron chi connectivity index (χ4n) is 2.66. The van der Waals surface area contributed by atoms with Gasteiger partial charge in [-0.3, -0.25) is 0 Å². The van der Waals surface area contributed by atoms with E-state index in [-0.39, 0.29) is 0 Å². The molecule has 0 fully saturated rings. The van der Waals surface area contributed by atoms with Crippen LogP contribution in [0, 0.1) is 11.8 Å². The van der Waals surface area contributed by atoms with Gasteiger partial charge >= 0.3 is 0 Å². The van der Waals surface area contributed by atoms with Crippen molar-refractivity contribution in [2.45, 2.75) is 16.6 Å². The largest absolute Gasteiger partial charge is 0.125 e. The van der Waals surface area contributed by atoms with E-state index >= 15 is 0 Å². The zero-order valence-electron chi connectivity index (χ0n) is 9.77. The van der Waals surface area contributed by atoms with E-state index in [1.807, 2.05) is 11.8 Å². The lowest BCUT2D eigenvalue weighted by Crippen LogP contribution is -2.17. The molecule has 0 amide bonds. The maximum absolute atomic E-state index is 2.63. The molecule has 88 valence electrons. The van der Waals surface area contributed by atoms with Crippen LogP contribution in [0.3, 0.4) is 0 Å². The van der Waals surface area contributed by atoms with Gasteiger partial charge in [0.25, 0.3) is 0 Å². The number of alkyl halides is 1. The Morgan fingerprint density at radius 1 is 1.29 bits per heavy atom. The third-order valence-corrected chi connectivity index (χ3v) is 6.27. The third-order valence-electron chi connectivity index (χ3n) is 3.63. The molecule has 0 saturated carbocycles. The lowest BCUT2D eigenvalue weighted by Gasteiger charge is -2.29. The Morgan fingerprint density at radius 3 is 3.00 bits per heavy atom. The fraction of sp³-hybridized carbons (Fsp3) is 0.333. The van der Waals surface area contributed by atoms with Crippen molar-refractivity contribution in [1.82, 2.24) is 0 Å². The molecule has 0 aromatic heterocycles. The number of allylic oxidation sites excluding steroid dienone is 4. The standard InChI is InChI=1S/C15H15IS/c1-10-5-4-8-13-14(10)15(16)12-7-3-2-6-11(12)9-17-13/h2-8,10,14-15H,9H2,1H3.